The van der Waals surface area contributed by atoms with Crippen molar-refractivity contribution in [2.45, 2.75) is 56.7 Å². The molecule has 0 bridgehead atoms. The average molecular weight is 271 g/mol. The van der Waals surface area contributed by atoms with Crippen LogP contribution in [0.25, 0.3) is 0 Å². The molecule has 0 aromatic carbocycles. The van der Waals surface area contributed by atoms with Crippen LogP contribution < -0.4 is 5.73 Å². The van der Waals surface area contributed by atoms with Crippen molar-refractivity contribution in [3.63, 3.8) is 0 Å². The first kappa shape index (κ1) is 15.6. The number of hydrogen-bond donors (Lipinski definition) is 1. The Morgan fingerprint density at radius 1 is 1.50 bits per heavy atom. The molecule has 4 heteroatoms. The van der Waals surface area contributed by atoms with E-state index in [9.17, 15) is 4.79 Å². The molecule has 0 aromatic rings. The topological polar surface area (TPSA) is 52.3 Å². The molecule has 2 N–H and O–H groups in total. The Labute approximate surface area is 115 Å². The number of carbonyl (C=O) groups excluding carboxylic acids is 1. The maximum absolute atomic E-state index is 11.4. The second-order valence-electron chi connectivity index (χ2n) is 4.62. The second kappa shape index (κ2) is 9.45. The van der Waals surface area contributed by atoms with E-state index in [0.29, 0.717) is 18.3 Å². The third kappa shape index (κ3) is 6.45. The van der Waals surface area contributed by atoms with E-state index in [4.69, 9.17) is 10.5 Å². The Morgan fingerprint density at radius 3 is 3.11 bits per heavy atom. The molecule has 1 aliphatic rings. The number of nitrogens with two attached hydrogens (primary N) is 1. The van der Waals surface area contributed by atoms with Gasteiger partial charge in [-0.05, 0) is 38.4 Å². The predicted molar refractivity (Wildman–Crippen MR) is 77.7 cm³/mol. The van der Waals surface area contributed by atoms with Gasteiger partial charge in [-0.25, -0.2) is 0 Å². The molecule has 1 aliphatic carbocycles. The molecule has 2 unspecified atom stereocenters. The highest BCUT2D eigenvalue weighted by molar-refractivity contribution is 8.00. The average Bonchev–Trinajstić information content (AvgIpc) is 2.31. The summed E-state index contributed by atoms with van der Waals surface area (Å²) in [4.78, 5) is 11.4. The van der Waals surface area contributed by atoms with Gasteiger partial charge >= 0.3 is 5.97 Å². The molecule has 2 atom stereocenters. The minimum absolute atomic E-state index is 0.272. The van der Waals surface area contributed by atoms with E-state index >= 15 is 0 Å². The molecular weight excluding hydrogens is 246 g/mol. The SMILES string of the molecule is CCOC(=O)C(N)CCSC1/C=C/CCCCC1. The maximum Gasteiger partial charge on any atom is 0.322 e. The number of esters is 1. The summed E-state index contributed by atoms with van der Waals surface area (Å²) >= 11 is 1.91. The summed E-state index contributed by atoms with van der Waals surface area (Å²) in [5, 5.41) is 0.597. The molecule has 0 saturated heterocycles. The summed E-state index contributed by atoms with van der Waals surface area (Å²) in [5.74, 6) is 0.654. The molecule has 0 spiro atoms. The van der Waals surface area contributed by atoms with Gasteiger partial charge in [0.15, 0.2) is 0 Å². The van der Waals surface area contributed by atoms with Crippen molar-refractivity contribution in [3.05, 3.63) is 12.2 Å². The zero-order chi connectivity index (χ0) is 13.2. The molecule has 0 aromatic heterocycles. The number of hydrogen-bond acceptors (Lipinski definition) is 4. The molecule has 3 nitrogen and oxygen atoms in total. The Morgan fingerprint density at radius 2 is 2.33 bits per heavy atom. The van der Waals surface area contributed by atoms with Crippen LogP contribution in [0.2, 0.25) is 0 Å². The lowest BCUT2D eigenvalue weighted by Crippen LogP contribution is -2.32. The maximum atomic E-state index is 11.4. The Bertz CT molecular complexity index is 269. The van der Waals surface area contributed by atoms with Crippen LogP contribution in [0.3, 0.4) is 0 Å². The number of rotatable bonds is 6. The van der Waals surface area contributed by atoms with Gasteiger partial charge in [-0.15, -0.1) is 0 Å². The minimum Gasteiger partial charge on any atom is -0.465 e. The highest BCUT2D eigenvalue weighted by atomic mass is 32.2. The van der Waals surface area contributed by atoms with Crippen LogP contribution in [0, 0.1) is 0 Å². The lowest BCUT2D eigenvalue weighted by atomic mass is 10.1. The van der Waals surface area contributed by atoms with Crippen molar-refractivity contribution >= 4 is 17.7 Å². The van der Waals surface area contributed by atoms with Crippen LogP contribution in [0.15, 0.2) is 12.2 Å². The smallest absolute Gasteiger partial charge is 0.322 e. The summed E-state index contributed by atoms with van der Waals surface area (Å²) in [6.45, 7) is 2.21. The standard InChI is InChI=1S/C14H25NO2S/c1-2-17-14(16)13(15)10-11-18-12-8-6-4-3-5-7-9-12/h6,8,12-13H,2-5,7,9-11,15H2,1H3/b8-6+. The van der Waals surface area contributed by atoms with Gasteiger partial charge in [0, 0.05) is 5.25 Å². The molecule has 0 heterocycles. The van der Waals surface area contributed by atoms with Crippen molar-refractivity contribution in [2.75, 3.05) is 12.4 Å². The highest BCUT2D eigenvalue weighted by Gasteiger charge is 2.15. The zero-order valence-corrected chi connectivity index (χ0v) is 12.1. The van der Waals surface area contributed by atoms with E-state index in [1.54, 1.807) is 6.92 Å². The molecule has 0 aliphatic heterocycles. The van der Waals surface area contributed by atoms with Gasteiger partial charge in [0.2, 0.25) is 0 Å². The summed E-state index contributed by atoms with van der Waals surface area (Å²) in [7, 11) is 0. The minimum atomic E-state index is -0.463. The highest BCUT2D eigenvalue weighted by Crippen LogP contribution is 2.23. The van der Waals surface area contributed by atoms with Gasteiger partial charge in [0.25, 0.3) is 0 Å². The monoisotopic (exact) mass is 271 g/mol. The molecule has 0 radical (unpaired) electrons. The van der Waals surface area contributed by atoms with Crippen LogP contribution in [-0.2, 0) is 9.53 Å². The summed E-state index contributed by atoms with van der Waals surface area (Å²) in [6, 6.07) is -0.463. The fraction of sp³-hybridized carbons (Fsp3) is 0.786. The number of allylic oxidation sites excluding steroid dienone is 1. The van der Waals surface area contributed by atoms with Gasteiger partial charge in [0.1, 0.15) is 6.04 Å². The first-order valence-corrected chi connectivity index (χ1v) is 7.99. The Kier molecular flexibility index (Phi) is 8.18. The van der Waals surface area contributed by atoms with E-state index < -0.39 is 6.04 Å². The van der Waals surface area contributed by atoms with E-state index in [-0.39, 0.29) is 5.97 Å². The van der Waals surface area contributed by atoms with E-state index in [2.05, 4.69) is 12.2 Å². The van der Waals surface area contributed by atoms with Crippen LogP contribution in [0.1, 0.15) is 45.4 Å². The number of ether oxygens (including phenoxy) is 1. The molecule has 1 rings (SSSR count). The number of thioether (sulfide) groups is 1. The lowest BCUT2D eigenvalue weighted by molar-refractivity contribution is -0.144. The van der Waals surface area contributed by atoms with Crippen LogP contribution in [-0.4, -0.2) is 29.6 Å². The zero-order valence-electron chi connectivity index (χ0n) is 11.3. The third-order valence-electron chi connectivity index (χ3n) is 3.06. The van der Waals surface area contributed by atoms with Gasteiger partial charge < -0.3 is 10.5 Å². The molecule has 18 heavy (non-hydrogen) atoms. The fourth-order valence-electron chi connectivity index (χ4n) is 1.98. The van der Waals surface area contributed by atoms with Crippen LogP contribution in [0.4, 0.5) is 0 Å². The van der Waals surface area contributed by atoms with Crippen molar-refractivity contribution in [2.24, 2.45) is 5.73 Å². The third-order valence-corrected chi connectivity index (χ3v) is 4.35. The first-order valence-electron chi connectivity index (χ1n) is 6.94. The Hall–Kier alpha value is -0.480. The summed E-state index contributed by atoms with van der Waals surface area (Å²) in [5.41, 5.74) is 5.77. The predicted octanol–water partition coefficient (Wildman–Crippen LogP) is 2.89. The largest absolute Gasteiger partial charge is 0.465 e. The quantitative estimate of drug-likeness (QED) is 0.596. The van der Waals surface area contributed by atoms with Gasteiger partial charge in [-0.1, -0.05) is 25.0 Å². The summed E-state index contributed by atoms with van der Waals surface area (Å²) < 4.78 is 4.90. The van der Waals surface area contributed by atoms with Crippen molar-refractivity contribution in [1.29, 1.82) is 0 Å². The fourth-order valence-corrected chi connectivity index (χ4v) is 3.23. The van der Waals surface area contributed by atoms with Crippen LogP contribution in [0.5, 0.6) is 0 Å². The first-order chi connectivity index (χ1) is 8.74. The van der Waals surface area contributed by atoms with E-state index in [1.807, 2.05) is 11.8 Å². The van der Waals surface area contributed by atoms with Gasteiger partial charge in [-0.2, -0.15) is 11.8 Å². The van der Waals surface area contributed by atoms with Crippen LogP contribution >= 0.6 is 11.8 Å². The molecule has 0 fully saturated rings. The second-order valence-corrected chi connectivity index (χ2v) is 5.97. The van der Waals surface area contributed by atoms with Gasteiger partial charge in [-0.3, -0.25) is 4.79 Å². The summed E-state index contributed by atoms with van der Waals surface area (Å²) in [6.07, 6.45) is 11.7. The van der Waals surface area contributed by atoms with Gasteiger partial charge in [0.05, 0.1) is 6.61 Å². The lowest BCUT2D eigenvalue weighted by Gasteiger charge is -2.16. The van der Waals surface area contributed by atoms with Crippen molar-refractivity contribution in [3.8, 4) is 0 Å². The van der Waals surface area contributed by atoms with E-state index in [1.165, 1.54) is 32.1 Å². The number of carbonyl (C=O) groups is 1. The molecular formula is C14H25NO2S. The molecule has 0 amide bonds. The van der Waals surface area contributed by atoms with Crippen molar-refractivity contribution < 1.29 is 9.53 Å². The normalized spacial score (nSPS) is 23.8. The van der Waals surface area contributed by atoms with E-state index in [0.717, 1.165) is 5.75 Å². The molecule has 104 valence electrons. The molecule has 0 saturated carbocycles. The Balaban J connectivity index is 2.19. The van der Waals surface area contributed by atoms with Crippen molar-refractivity contribution in [1.82, 2.24) is 0 Å².